The molecular weight excluding hydrogens is 701 g/mol. The summed E-state index contributed by atoms with van der Waals surface area (Å²) in [5, 5.41) is 9.78. The van der Waals surface area contributed by atoms with Gasteiger partial charge in [-0.05, 0) is 88.6 Å². The third kappa shape index (κ3) is 4.76. The van der Waals surface area contributed by atoms with Gasteiger partial charge in [0, 0.05) is 58.8 Å². The number of rotatable bonds is 5. The maximum absolute atomic E-state index is 6.63. The Morgan fingerprint density at radius 3 is 2.00 bits per heavy atom. The number of aromatic nitrogens is 1. The van der Waals surface area contributed by atoms with Crippen molar-refractivity contribution in [3.8, 4) is 16.8 Å². The average Bonchev–Trinajstić information content (AvgIpc) is 3.93. The van der Waals surface area contributed by atoms with Crippen LogP contribution in [0.15, 0.2) is 199 Å². The molecule has 3 aromatic heterocycles. The molecule has 0 amide bonds. The molecule has 0 saturated carbocycles. The quantitative estimate of drug-likeness (QED) is 0.176. The number of para-hydroxylation sites is 3. The average molecular weight is 733 g/mol. The highest BCUT2D eigenvalue weighted by Crippen LogP contribution is 2.45. The lowest BCUT2D eigenvalue weighted by Gasteiger charge is -2.26. The summed E-state index contributed by atoms with van der Waals surface area (Å²) in [7, 11) is 0. The minimum absolute atomic E-state index is 0.876. The molecule has 4 heteroatoms. The molecule has 0 fully saturated rings. The Morgan fingerprint density at radius 1 is 0.411 bits per heavy atom. The fourth-order valence-corrected chi connectivity index (χ4v) is 9.88. The molecule has 0 spiro atoms. The molecule has 262 valence electrons. The van der Waals surface area contributed by atoms with Crippen molar-refractivity contribution in [1.82, 2.24) is 4.57 Å². The van der Waals surface area contributed by atoms with Crippen LogP contribution in [0.25, 0.3) is 91.5 Å². The van der Waals surface area contributed by atoms with E-state index in [1.807, 2.05) is 17.4 Å². The van der Waals surface area contributed by atoms with Crippen LogP contribution in [0.3, 0.4) is 0 Å². The molecule has 0 aliphatic carbocycles. The predicted molar refractivity (Wildman–Crippen MR) is 239 cm³/mol. The van der Waals surface area contributed by atoms with Crippen molar-refractivity contribution in [1.29, 1.82) is 0 Å². The van der Waals surface area contributed by atoms with E-state index in [0.717, 1.165) is 50.3 Å². The first kappa shape index (κ1) is 31.2. The van der Waals surface area contributed by atoms with Crippen LogP contribution in [0, 0.1) is 0 Å². The minimum atomic E-state index is 0.876. The van der Waals surface area contributed by atoms with Gasteiger partial charge in [0.05, 0.1) is 16.7 Å². The van der Waals surface area contributed by atoms with Crippen LogP contribution in [0.4, 0.5) is 17.1 Å². The van der Waals surface area contributed by atoms with Gasteiger partial charge in [-0.25, -0.2) is 0 Å². The Morgan fingerprint density at radius 2 is 1.09 bits per heavy atom. The van der Waals surface area contributed by atoms with Gasteiger partial charge < -0.3 is 13.9 Å². The Hall–Kier alpha value is -7.14. The number of nitrogens with zero attached hydrogens (tertiary/aromatic N) is 2. The molecule has 56 heavy (non-hydrogen) atoms. The van der Waals surface area contributed by atoms with Crippen LogP contribution in [-0.4, -0.2) is 4.57 Å². The second-order valence-corrected chi connectivity index (χ2v) is 15.6. The van der Waals surface area contributed by atoms with Gasteiger partial charge in [-0.15, -0.1) is 11.3 Å². The Kier molecular flexibility index (Phi) is 6.80. The second-order valence-electron chi connectivity index (χ2n) is 14.5. The molecule has 3 nitrogen and oxygen atoms in total. The zero-order chi connectivity index (χ0) is 36.7. The number of anilines is 3. The van der Waals surface area contributed by atoms with E-state index in [1.54, 1.807) is 0 Å². The lowest BCUT2D eigenvalue weighted by atomic mass is 10.0. The standard InChI is InChI=1S/C52H32N2OS/c1-2-11-35-30-38(26-22-33(35)10-1)54-46-16-6-3-12-40(46)41-28-23-36(31-48(41)54)34-20-24-37(25-21-34)53(39-27-29-44-43-14-5-8-19-50(43)56-51(44)32-39)47-17-9-15-45-42-13-4-7-18-49(42)55-52(45)47/h1-32H. The number of hydrogen-bond donors (Lipinski definition) is 0. The molecule has 0 bridgehead atoms. The van der Waals surface area contributed by atoms with Crippen LogP contribution in [0.5, 0.6) is 0 Å². The van der Waals surface area contributed by atoms with E-state index in [9.17, 15) is 0 Å². The number of fused-ring (bicyclic) bond motifs is 10. The van der Waals surface area contributed by atoms with Crippen LogP contribution in [0.2, 0.25) is 0 Å². The van der Waals surface area contributed by atoms with Gasteiger partial charge in [0.1, 0.15) is 5.58 Å². The molecule has 0 aliphatic heterocycles. The van der Waals surface area contributed by atoms with Crippen molar-refractivity contribution in [3.63, 3.8) is 0 Å². The first-order valence-electron chi connectivity index (χ1n) is 19.0. The summed E-state index contributed by atoms with van der Waals surface area (Å²) in [5.74, 6) is 0. The van der Waals surface area contributed by atoms with Gasteiger partial charge in [-0.2, -0.15) is 0 Å². The summed E-state index contributed by atoms with van der Waals surface area (Å²) in [5.41, 5.74) is 10.8. The SMILES string of the molecule is c1ccc2cc(-n3c4ccccc4c4ccc(-c5ccc(N(c6ccc7c(c6)sc6ccccc67)c6cccc7c6oc6ccccc67)cc5)cc43)ccc2c1. The summed E-state index contributed by atoms with van der Waals surface area (Å²) >= 11 is 1.84. The monoisotopic (exact) mass is 732 g/mol. The number of benzene rings is 9. The van der Waals surface area contributed by atoms with Gasteiger partial charge in [-0.1, -0.05) is 127 Å². The van der Waals surface area contributed by atoms with Gasteiger partial charge in [0.2, 0.25) is 0 Å². The summed E-state index contributed by atoms with van der Waals surface area (Å²) in [6.45, 7) is 0. The predicted octanol–water partition coefficient (Wildman–Crippen LogP) is 15.3. The molecule has 0 unspecified atom stereocenters. The lowest BCUT2D eigenvalue weighted by Crippen LogP contribution is -2.10. The highest BCUT2D eigenvalue weighted by molar-refractivity contribution is 7.25. The third-order valence-corrected chi connectivity index (χ3v) is 12.5. The van der Waals surface area contributed by atoms with E-state index in [-0.39, 0.29) is 0 Å². The largest absolute Gasteiger partial charge is 0.454 e. The molecule has 0 aliphatic rings. The maximum atomic E-state index is 6.63. The van der Waals surface area contributed by atoms with Crippen molar-refractivity contribution in [2.75, 3.05) is 4.90 Å². The van der Waals surface area contributed by atoms with Crippen LogP contribution >= 0.6 is 11.3 Å². The first-order valence-corrected chi connectivity index (χ1v) is 19.8. The summed E-state index contributed by atoms with van der Waals surface area (Å²) in [4.78, 5) is 2.35. The van der Waals surface area contributed by atoms with Crippen LogP contribution < -0.4 is 4.90 Å². The molecule has 9 aromatic carbocycles. The van der Waals surface area contributed by atoms with Crippen molar-refractivity contribution >= 4 is 103 Å². The van der Waals surface area contributed by atoms with Crippen molar-refractivity contribution in [3.05, 3.63) is 194 Å². The molecule has 0 atom stereocenters. The molecule has 0 radical (unpaired) electrons. The summed E-state index contributed by atoms with van der Waals surface area (Å²) in [6.07, 6.45) is 0. The normalized spacial score (nSPS) is 11.9. The number of furan rings is 1. The maximum Gasteiger partial charge on any atom is 0.159 e. The van der Waals surface area contributed by atoms with E-state index in [4.69, 9.17) is 4.42 Å². The van der Waals surface area contributed by atoms with Gasteiger partial charge >= 0.3 is 0 Å². The van der Waals surface area contributed by atoms with Crippen molar-refractivity contribution in [2.45, 2.75) is 0 Å². The Labute approximate surface area is 326 Å². The number of hydrogen-bond acceptors (Lipinski definition) is 3. The molecular formula is C52H32N2OS. The zero-order valence-electron chi connectivity index (χ0n) is 30.2. The molecule has 0 N–H and O–H groups in total. The van der Waals surface area contributed by atoms with Crippen molar-refractivity contribution < 1.29 is 4.42 Å². The van der Waals surface area contributed by atoms with Crippen molar-refractivity contribution in [2.24, 2.45) is 0 Å². The highest BCUT2D eigenvalue weighted by atomic mass is 32.1. The number of thiophene rings is 1. The smallest absolute Gasteiger partial charge is 0.159 e. The molecule has 0 saturated heterocycles. The van der Waals surface area contributed by atoms with E-state index in [0.29, 0.717) is 0 Å². The highest BCUT2D eigenvalue weighted by Gasteiger charge is 2.21. The molecule has 12 rings (SSSR count). The van der Waals surface area contributed by atoms with Crippen LogP contribution in [-0.2, 0) is 0 Å². The first-order chi connectivity index (χ1) is 27.7. The topological polar surface area (TPSA) is 21.3 Å². The molecule has 12 aromatic rings. The van der Waals surface area contributed by atoms with Gasteiger partial charge in [0.25, 0.3) is 0 Å². The fourth-order valence-electron chi connectivity index (χ4n) is 8.74. The van der Waals surface area contributed by atoms with Crippen LogP contribution in [0.1, 0.15) is 0 Å². The third-order valence-electron chi connectivity index (χ3n) is 11.4. The zero-order valence-corrected chi connectivity index (χ0v) is 31.0. The minimum Gasteiger partial charge on any atom is -0.454 e. The Balaban J connectivity index is 1.01. The van der Waals surface area contributed by atoms with E-state index in [1.165, 1.54) is 58.3 Å². The Bertz CT molecular complexity index is 3500. The van der Waals surface area contributed by atoms with Gasteiger partial charge in [0.15, 0.2) is 5.58 Å². The van der Waals surface area contributed by atoms with E-state index in [2.05, 4.69) is 198 Å². The molecule has 3 heterocycles. The second kappa shape index (κ2) is 12.2. The summed E-state index contributed by atoms with van der Waals surface area (Å²) in [6, 6.07) is 70.3. The lowest BCUT2D eigenvalue weighted by molar-refractivity contribution is 0.669. The van der Waals surface area contributed by atoms with E-state index >= 15 is 0 Å². The van der Waals surface area contributed by atoms with E-state index < -0.39 is 0 Å². The fraction of sp³-hybridized carbons (Fsp3) is 0. The van der Waals surface area contributed by atoms with Gasteiger partial charge in [-0.3, -0.25) is 0 Å². The summed E-state index contributed by atoms with van der Waals surface area (Å²) < 4.78 is 11.6.